The Kier molecular flexibility index (Phi) is 5.21. The Morgan fingerprint density at radius 2 is 1.73 bits per heavy atom. The Morgan fingerprint density at radius 3 is 2.40 bits per heavy atom. The molecule has 3 heterocycles. The summed E-state index contributed by atoms with van der Waals surface area (Å²) in [5.74, 6) is 2.60. The molecule has 0 bridgehead atoms. The third-order valence-corrected chi connectivity index (χ3v) is 6.36. The zero-order chi connectivity index (χ0) is 20.5. The van der Waals surface area contributed by atoms with E-state index >= 15 is 0 Å². The van der Waals surface area contributed by atoms with Crippen molar-refractivity contribution in [2.75, 3.05) is 50.1 Å². The predicted octanol–water partition coefficient (Wildman–Crippen LogP) is 3.08. The van der Waals surface area contributed by atoms with Gasteiger partial charge in [-0.15, -0.1) is 0 Å². The Hall–Kier alpha value is -2.80. The van der Waals surface area contributed by atoms with Gasteiger partial charge in [0.15, 0.2) is 0 Å². The van der Waals surface area contributed by atoms with Crippen LogP contribution >= 0.6 is 0 Å². The van der Waals surface area contributed by atoms with E-state index < -0.39 is 0 Å². The highest BCUT2D eigenvalue weighted by molar-refractivity contribution is 5.91. The number of hydrogen-bond acceptors (Lipinski definition) is 7. The highest BCUT2D eigenvalue weighted by atomic mass is 15.3. The molecule has 7 nitrogen and oxygen atoms in total. The smallest absolute Gasteiger partial charge is 0.139 e. The molecule has 0 atom stereocenters. The molecular weight excluding hydrogens is 374 g/mol. The van der Waals surface area contributed by atoms with Crippen LogP contribution in [0.5, 0.6) is 0 Å². The SMILES string of the molecule is CN(C)c1ncnc2ccc(N3CCN(Cc4cnc(C5CCC5)nc4)CC3)cc12. The molecular formula is C23H29N7. The Balaban J connectivity index is 1.23. The Labute approximate surface area is 177 Å². The van der Waals surface area contributed by atoms with E-state index in [0.29, 0.717) is 5.92 Å². The number of rotatable bonds is 5. The summed E-state index contributed by atoms with van der Waals surface area (Å²) in [4.78, 5) is 25.1. The molecule has 2 aromatic heterocycles. The van der Waals surface area contributed by atoms with Gasteiger partial charge in [-0.25, -0.2) is 19.9 Å². The maximum atomic E-state index is 4.62. The molecule has 1 aromatic carbocycles. The zero-order valence-corrected chi connectivity index (χ0v) is 17.8. The molecule has 2 fully saturated rings. The Bertz CT molecular complexity index is 1010. The van der Waals surface area contributed by atoms with Crippen molar-refractivity contribution in [2.45, 2.75) is 31.7 Å². The minimum Gasteiger partial charge on any atom is -0.369 e. The van der Waals surface area contributed by atoms with Crippen LogP contribution in [-0.4, -0.2) is 65.1 Å². The monoisotopic (exact) mass is 403 g/mol. The molecule has 0 N–H and O–H groups in total. The van der Waals surface area contributed by atoms with Crippen molar-refractivity contribution in [3.8, 4) is 0 Å². The number of nitrogens with zero attached hydrogens (tertiary/aromatic N) is 7. The van der Waals surface area contributed by atoms with Gasteiger partial charge in [0.25, 0.3) is 0 Å². The number of hydrogen-bond donors (Lipinski definition) is 0. The lowest BCUT2D eigenvalue weighted by Gasteiger charge is -2.36. The lowest BCUT2D eigenvalue weighted by molar-refractivity contribution is 0.249. The molecule has 1 saturated heterocycles. The van der Waals surface area contributed by atoms with Gasteiger partial charge in [-0.3, -0.25) is 4.90 Å². The van der Waals surface area contributed by atoms with E-state index in [1.165, 1.54) is 30.5 Å². The fourth-order valence-corrected chi connectivity index (χ4v) is 4.33. The fraction of sp³-hybridized carbons (Fsp3) is 0.478. The van der Waals surface area contributed by atoms with Crippen LogP contribution in [0, 0.1) is 0 Å². The van der Waals surface area contributed by atoms with Crippen LogP contribution in [0.1, 0.15) is 36.6 Å². The van der Waals surface area contributed by atoms with Crippen molar-refractivity contribution in [3.05, 3.63) is 48.3 Å². The van der Waals surface area contributed by atoms with Crippen LogP contribution in [0.2, 0.25) is 0 Å². The largest absolute Gasteiger partial charge is 0.369 e. The van der Waals surface area contributed by atoms with Gasteiger partial charge in [0.2, 0.25) is 0 Å². The molecule has 1 aliphatic carbocycles. The van der Waals surface area contributed by atoms with Gasteiger partial charge in [0.1, 0.15) is 18.0 Å². The molecule has 7 heteroatoms. The quantitative estimate of drug-likeness (QED) is 0.649. The molecule has 5 rings (SSSR count). The van der Waals surface area contributed by atoms with Crippen LogP contribution < -0.4 is 9.80 Å². The van der Waals surface area contributed by atoms with Crippen LogP contribution in [-0.2, 0) is 6.54 Å². The van der Waals surface area contributed by atoms with E-state index in [0.717, 1.165) is 55.3 Å². The maximum absolute atomic E-state index is 4.62. The average molecular weight is 404 g/mol. The molecule has 30 heavy (non-hydrogen) atoms. The van der Waals surface area contributed by atoms with Gasteiger partial charge in [-0.2, -0.15) is 0 Å². The molecule has 3 aromatic rings. The van der Waals surface area contributed by atoms with Gasteiger partial charge in [-0.1, -0.05) is 6.42 Å². The van der Waals surface area contributed by atoms with Crippen LogP contribution in [0.15, 0.2) is 36.9 Å². The molecule has 0 amide bonds. The van der Waals surface area contributed by atoms with E-state index in [2.05, 4.69) is 47.9 Å². The third-order valence-electron chi connectivity index (χ3n) is 6.36. The van der Waals surface area contributed by atoms with Crippen molar-refractivity contribution in [3.63, 3.8) is 0 Å². The standard InChI is InChI=1S/C23H29N7/c1-28(2)23-20-12-19(6-7-21(20)26-16-27-23)30-10-8-29(9-11-30)15-17-13-24-22(25-14-17)18-4-3-5-18/h6-7,12-14,16,18H,3-5,8-11,15H2,1-2H3. The molecule has 1 aliphatic heterocycles. The second-order valence-electron chi connectivity index (χ2n) is 8.63. The summed E-state index contributed by atoms with van der Waals surface area (Å²) in [7, 11) is 4.05. The maximum Gasteiger partial charge on any atom is 0.139 e. The molecule has 0 unspecified atom stereocenters. The normalized spacial score (nSPS) is 17.9. The molecule has 1 saturated carbocycles. The minimum absolute atomic E-state index is 0.600. The third kappa shape index (κ3) is 3.81. The predicted molar refractivity (Wildman–Crippen MR) is 120 cm³/mol. The summed E-state index contributed by atoms with van der Waals surface area (Å²) in [6, 6.07) is 6.51. The van der Waals surface area contributed by atoms with Crippen molar-refractivity contribution >= 4 is 22.4 Å². The highest BCUT2D eigenvalue weighted by Gasteiger charge is 2.22. The first-order valence-electron chi connectivity index (χ1n) is 10.9. The van der Waals surface area contributed by atoms with Crippen molar-refractivity contribution < 1.29 is 0 Å². The van der Waals surface area contributed by atoms with Gasteiger partial charge >= 0.3 is 0 Å². The lowest BCUT2D eigenvalue weighted by atomic mass is 9.85. The van der Waals surface area contributed by atoms with Gasteiger partial charge in [0.05, 0.1) is 5.52 Å². The first-order valence-corrected chi connectivity index (χ1v) is 10.9. The lowest BCUT2D eigenvalue weighted by Crippen LogP contribution is -2.46. The first-order chi connectivity index (χ1) is 14.7. The second-order valence-corrected chi connectivity index (χ2v) is 8.63. The van der Waals surface area contributed by atoms with Gasteiger partial charge in [-0.05, 0) is 31.0 Å². The average Bonchev–Trinajstić information content (AvgIpc) is 2.73. The summed E-state index contributed by atoms with van der Waals surface area (Å²) >= 11 is 0. The first kappa shape index (κ1) is 19.2. The molecule has 2 aliphatic rings. The summed E-state index contributed by atoms with van der Waals surface area (Å²) in [5, 5.41) is 1.10. The number of fused-ring (bicyclic) bond motifs is 1. The minimum atomic E-state index is 0.600. The van der Waals surface area contributed by atoms with E-state index in [-0.39, 0.29) is 0 Å². The van der Waals surface area contributed by atoms with Crippen LogP contribution in [0.4, 0.5) is 11.5 Å². The van der Waals surface area contributed by atoms with Crippen molar-refractivity contribution in [2.24, 2.45) is 0 Å². The summed E-state index contributed by atoms with van der Waals surface area (Å²) in [6.45, 7) is 5.02. The van der Waals surface area contributed by atoms with Gasteiger partial charge < -0.3 is 9.80 Å². The molecule has 156 valence electrons. The van der Waals surface area contributed by atoms with E-state index in [1.807, 2.05) is 31.4 Å². The van der Waals surface area contributed by atoms with E-state index in [4.69, 9.17) is 0 Å². The van der Waals surface area contributed by atoms with Crippen molar-refractivity contribution in [1.82, 2.24) is 24.8 Å². The number of anilines is 2. The topological polar surface area (TPSA) is 61.3 Å². The summed E-state index contributed by atoms with van der Waals surface area (Å²) < 4.78 is 0. The fourth-order valence-electron chi connectivity index (χ4n) is 4.33. The molecule has 0 radical (unpaired) electrons. The van der Waals surface area contributed by atoms with E-state index in [9.17, 15) is 0 Å². The second kappa shape index (κ2) is 8.14. The number of aromatic nitrogens is 4. The van der Waals surface area contributed by atoms with Crippen LogP contribution in [0.25, 0.3) is 10.9 Å². The van der Waals surface area contributed by atoms with E-state index in [1.54, 1.807) is 6.33 Å². The zero-order valence-electron chi connectivity index (χ0n) is 17.8. The van der Waals surface area contributed by atoms with Crippen molar-refractivity contribution in [1.29, 1.82) is 0 Å². The number of benzene rings is 1. The molecule has 0 spiro atoms. The van der Waals surface area contributed by atoms with Crippen LogP contribution in [0.3, 0.4) is 0 Å². The highest BCUT2D eigenvalue weighted by Crippen LogP contribution is 2.34. The number of piperazine rings is 1. The Morgan fingerprint density at radius 1 is 0.967 bits per heavy atom. The summed E-state index contributed by atoms with van der Waals surface area (Å²) in [6.07, 6.45) is 9.51. The summed E-state index contributed by atoms with van der Waals surface area (Å²) in [5.41, 5.74) is 3.44. The van der Waals surface area contributed by atoms with Gasteiger partial charge in [0, 0.05) is 81.8 Å².